The summed E-state index contributed by atoms with van der Waals surface area (Å²) in [5.74, 6) is 0. The molecule has 0 atom stereocenters. The van der Waals surface area contributed by atoms with Crippen LogP contribution in [0.25, 0.3) is 10.9 Å². The lowest BCUT2D eigenvalue weighted by molar-refractivity contribution is 0.115. The molecule has 0 unspecified atom stereocenters. The zero-order valence-corrected chi connectivity index (χ0v) is 19.9. The normalized spacial score (nSPS) is 14.6. The molecule has 0 fully saturated rings. The Balaban J connectivity index is 1.76. The molecule has 1 aliphatic heterocycles. The number of benzene rings is 2. The van der Waals surface area contributed by atoms with Gasteiger partial charge in [0, 0.05) is 34.6 Å². The van der Waals surface area contributed by atoms with E-state index >= 15 is 0 Å². The number of oxime groups is 1. The van der Waals surface area contributed by atoms with Crippen molar-refractivity contribution in [2.24, 2.45) is 17.2 Å². The van der Waals surface area contributed by atoms with Crippen LogP contribution in [0.1, 0.15) is 25.0 Å². The molecule has 0 N–H and O–H groups in total. The zero-order chi connectivity index (χ0) is 21.3. The summed E-state index contributed by atoms with van der Waals surface area (Å²) in [5.41, 5.74) is 5.49. The Bertz CT molecular complexity index is 1150. The highest BCUT2D eigenvalue weighted by Crippen LogP contribution is 2.37. The molecule has 2 heterocycles. The Morgan fingerprint density at radius 2 is 1.90 bits per heavy atom. The number of para-hydroxylation sites is 2. The first-order chi connectivity index (χ1) is 14.6. The molecule has 1 aromatic heterocycles. The van der Waals surface area contributed by atoms with Crippen LogP contribution in [0.3, 0.4) is 0 Å². The summed E-state index contributed by atoms with van der Waals surface area (Å²) in [6, 6.07) is 14.2. The molecule has 0 spiro atoms. The molecular formula is C23H25BrN4OS. The van der Waals surface area contributed by atoms with Crippen LogP contribution in [0.4, 0.5) is 5.69 Å². The minimum atomic E-state index is 0.537. The Morgan fingerprint density at radius 1 is 1.13 bits per heavy atom. The Hall–Kier alpha value is -2.09. The monoisotopic (exact) mass is 484 g/mol. The van der Waals surface area contributed by atoms with Crippen LogP contribution in [-0.4, -0.2) is 47.1 Å². The average molecular weight is 485 g/mol. The summed E-state index contributed by atoms with van der Waals surface area (Å²) in [4.78, 5) is 13.0. The van der Waals surface area contributed by atoms with Crippen LogP contribution >= 0.6 is 28.6 Å². The number of thiol groups is 1. The minimum absolute atomic E-state index is 0.537. The van der Waals surface area contributed by atoms with E-state index in [2.05, 4.69) is 50.5 Å². The highest BCUT2D eigenvalue weighted by molar-refractivity contribution is 9.10. The standard InChI is InChI=1S/C23H25BrN4OS/c1-4-28(5-2)13-14-29-26-20-15-9-6-7-12-18(15)25-21(20)19-16-10-8-11-17(24)22(16)27(3)23(19)30/h6-12,30H,4-5,13-14H2,1-3H3. The zero-order valence-electron chi connectivity index (χ0n) is 17.4. The van der Waals surface area contributed by atoms with Crippen molar-refractivity contribution in [1.82, 2.24) is 9.47 Å². The second-order valence-corrected chi connectivity index (χ2v) is 8.45. The lowest BCUT2D eigenvalue weighted by Crippen LogP contribution is -2.26. The van der Waals surface area contributed by atoms with Gasteiger partial charge < -0.3 is 14.3 Å². The highest BCUT2D eigenvalue weighted by Gasteiger charge is 2.29. The quantitative estimate of drug-likeness (QED) is 0.276. The van der Waals surface area contributed by atoms with E-state index in [1.165, 1.54) is 0 Å². The molecule has 30 heavy (non-hydrogen) atoms. The lowest BCUT2D eigenvalue weighted by atomic mass is 10.0. The number of nitrogens with zero attached hydrogens (tertiary/aromatic N) is 4. The van der Waals surface area contributed by atoms with Crippen LogP contribution in [0.5, 0.6) is 0 Å². The van der Waals surface area contributed by atoms with Gasteiger partial charge in [0.25, 0.3) is 0 Å². The maximum Gasteiger partial charge on any atom is 0.138 e. The van der Waals surface area contributed by atoms with Gasteiger partial charge in [-0.3, -0.25) is 0 Å². The van der Waals surface area contributed by atoms with E-state index in [9.17, 15) is 0 Å². The maximum absolute atomic E-state index is 5.77. The van der Waals surface area contributed by atoms with Crippen molar-refractivity contribution >= 4 is 56.6 Å². The summed E-state index contributed by atoms with van der Waals surface area (Å²) < 4.78 is 3.09. The van der Waals surface area contributed by atoms with E-state index in [1.54, 1.807) is 0 Å². The van der Waals surface area contributed by atoms with Gasteiger partial charge in [-0.2, -0.15) is 0 Å². The van der Waals surface area contributed by atoms with Crippen molar-refractivity contribution in [2.45, 2.75) is 18.9 Å². The fourth-order valence-corrected chi connectivity index (χ4v) is 4.80. The number of aryl methyl sites for hydroxylation is 1. The average Bonchev–Trinajstić information content (AvgIpc) is 3.23. The topological polar surface area (TPSA) is 42.1 Å². The molecule has 0 amide bonds. The van der Waals surface area contributed by atoms with Gasteiger partial charge in [0.1, 0.15) is 18.0 Å². The summed E-state index contributed by atoms with van der Waals surface area (Å²) in [5, 5.41) is 6.48. The van der Waals surface area contributed by atoms with Gasteiger partial charge in [-0.25, -0.2) is 4.99 Å². The Labute approximate surface area is 191 Å². The smallest absolute Gasteiger partial charge is 0.138 e. The predicted octanol–water partition coefficient (Wildman–Crippen LogP) is 5.43. The van der Waals surface area contributed by atoms with E-state index in [0.29, 0.717) is 6.61 Å². The fourth-order valence-electron chi connectivity index (χ4n) is 3.84. The minimum Gasteiger partial charge on any atom is -0.394 e. The summed E-state index contributed by atoms with van der Waals surface area (Å²) in [6.07, 6.45) is 0. The van der Waals surface area contributed by atoms with Crippen molar-refractivity contribution < 1.29 is 4.84 Å². The molecule has 156 valence electrons. The third kappa shape index (κ3) is 3.70. The second kappa shape index (κ2) is 8.96. The number of hydrogen-bond acceptors (Lipinski definition) is 5. The summed E-state index contributed by atoms with van der Waals surface area (Å²) >= 11 is 8.50. The number of halogens is 1. The molecule has 5 nitrogen and oxygen atoms in total. The molecule has 2 aromatic carbocycles. The molecule has 0 aliphatic carbocycles. The maximum atomic E-state index is 5.77. The largest absolute Gasteiger partial charge is 0.394 e. The molecule has 3 aromatic rings. The molecule has 0 radical (unpaired) electrons. The van der Waals surface area contributed by atoms with Gasteiger partial charge in [0.05, 0.1) is 16.2 Å². The van der Waals surface area contributed by atoms with Crippen molar-refractivity contribution in [3.63, 3.8) is 0 Å². The third-order valence-corrected chi connectivity index (χ3v) is 6.70. The van der Waals surface area contributed by atoms with Crippen molar-refractivity contribution in [3.8, 4) is 0 Å². The number of hydrogen-bond donors (Lipinski definition) is 1. The molecule has 4 rings (SSSR count). The lowest BCUT2D eigenvalue weighted by Gasteiger charge is -2.16. The number of likely N-dealkylation sites (N-methyl/N-ethyl adjacent to an activating group) is 1. The van der Waals surface area contributed by atoms with Crippen LogP contribution < -0.4 is 0 Å². The van der Waals surface area contributed by atoms with Crippen LogP contribution in [0.2, 0.25) is 0 Å². The van der Waals surface area contributed by atoms with Crippen LogP contribution in [-0.2, 0) is 11.9 Å². The number of aromatic nitrogens is 1. The van der Waals surface area contributed by atoms with Crippen LogP contribution in [0, 0.1) is 0 Å². The number of aliphatic imine (C=N–C) groups is 1. The van der Waals surface area contributed by atoms with Gasteiger partial charge in [-0.05, 0) is 41.2 Å². The first-order valence-corrected chi connectivity index (χ1v) is 11.4. The van der Waals surface area contributed by atoms with Crippen LogP contribution in [0.15, 0.2) is 62.1 Å². The van der Waals surface area contributed by atoms with Crippen molar-refractivity contribution in [2.75, 3.05) is 26.2 Å². The first kappa shape index (κ1) is 21.2. The molecule has 7 heteroatoms. The van der Waals surface area contributed by atoms with Gasteiger partial charge >= 0.3 is 0 Å². The SMILES string of the molecule is CCN(CC)CCON=C1C(c2c(S)n(C)c3c(Br)cccc23)=Nc2ccccc21. The summed E-state index contributed by atoms with van der Waals surface area (Å²) in [7, 11) is 2.01. The highest BCUT2D eigenvalue weighted by atomic mass is 79.9. The molecule has 1 aliphatic rings. The van der Waals surface area contributed by atoms with E-state index in [0.717, 1.165) is 68.3 Å². The molecular weight excluding hydrogens is 460 g/mol. The molecule has 0 saturated carbocycles. The van der Waals surface area contributed by atoms with Gasteiger partial charge in [-0.1, -0.05) is 49.3 Å². The fraction of sp³-hybridized carbons (Fsp3) is 0.304. The van der Waals surface area contributed by atoms with Gasteiger partial charge in [-0.15, -0.1) is 12.6 Å². The number of rotatable bonds is 7. The molecule has 0 saturated heterocycles. The first-order valence-electron chi connectivity index (χ1n) is 10.1. The third-order valence-electron chi connectivity index (χ3n) is 5.53. The van der Waals surface area contributed by atoms with Gasteiger partial charge in [0.15, 0.2) is 0 Å². The number of fused-ring (bicyclic) bond motifs is 2. The Kier molecular flexibility index (Phi) is 6.32. The second-order valence-electron chi connectivity index (χ2n) is 7.17. The van der Waals surface area contributed by atoms with Gasteiger partial charge in [0.2, 0.25) is 0 Å². The van der Waals surface area contributed by atoms with E-state index < -0.39 is 0 Å². The van der Waals surface area contributed by atoms with E-state index in [4.69, 9.17) is 22.5 Å². The molecule has 0 bridgehead atoms. The summed E-state index contributed by atoms with van der Waals surface area (Å²) in [6.45, 7) is 7.69. The van der Waals surface area contributed by atoms with E-state index in [1.807, 2.05) is 43.4 Å². The van der Waals surface area contributed by atoms with Crippen molar-refractivity contribution in [3.05, 3.63) is 58.1 Å². The van der Waals surface area contributed by atoms with Crippen molar-refractivity contribution in [1.29, 1.82) is 0 Å². The Morgan fingerprint density at radius 3 is 2.67 bits per heavy atom. The van der Waals surface area contributed by atoms with E-state index in [-0.39, 0.29) is 0 Å². The predicted molar refractivity (Wildman–Crippen MR) is 131 cm³/mol.